The predicted octanol–water partition coefficient (Wildman–Crippen LogP) is 7.52. The highest BCUT2D eigenvalue weighted by Crippen LogP contribution is 2.32. The summed E-state index contributed by atoms with van der Waals surface area (Å²) in [6.45, 7) is 10.4. The normalized spacial score (nSPS) is 15.8. The number of hydrogen-bond donors (Lipinski definition) is 1. The number of benzene rings is 2. The van der Waals surface area contributed by atoms with E-state index in [2.05, 4.69) is 44.1 Å². The number of fused-ring (bicyclic) bond motifs is 1. The summed E-state index contributed by atoms with van der Waals surface area (Å²) in [6.07, 6.45) is 5.60. The molecule has 2 aromatic carbocycles. The van der Waals surface area contributed by atoms with Crippen molar-refractivity contribution in [2.24, 2.45) is 16.8 Å². The molecule has 8 heteroatoms. The van der Waals surface area contributed by atoms with Gasteiger partial charge in [-0.05, 0) is 49.6 Å². The Morgan fingerprint density at radius 2 is 1.75 bits per heavy atom. The van der Waals surface area contributed by atoms with E-state index in [0.717, 1.165) is 39.3 Å². The molecule has 0 radical (unpaired) electrons. The third kappa shape index (κ3) is 5.39. The van der Waals surface area contributed by atoms with Gasteiger partial charge in [0.25, 0.3) is 0 Å². The third-order valence-corrected chi connectivity index (χ3v) is 7.21. The van der Waals surface area contributed by atoms with Crippen molar-refractivity contribution in [2.75, 3.05) is 11.9 Å². The summed E-state index contributed by atoms with van der Waals surface area (Å²) in [6, 6.07) is 14.0. The van der Waals surface area contributed by atoms with Gasteiger partial charge in [0.05, 0.1) is 24.4 Å². The summed E-state index contributed by atoms with van der Waals surface area (Å²) in [7, 11) is 0. The standard InChI is InChI=1S/C32H33F2N5O/c1-6-40-23-15-26(33)25(27(34)16-23)18-39-30-10-8-7-9-24(30)32(38-39)31-21(5)20(4)29(17-28(37-31)19(2)3)36-22-11-13-35-14-12-22/h7-17,19,21H,6,18H2,1-5H3,(H,35,36). The first-order valence-corrected chi connectivity index (χ1v) is 13.5. The number of nitrogens with zero attached hydrogens (tertiary/aromatic N) is 4. The van der Waals surface area contributed by atoms with Crippen molar-refractivity contribution in [1.82, 2.24) is 14.8 Å². The number of ether oxygens (including phenoxy) is 1. The highest BCUT2D eigenvalue weighted by molar-refractivity contribution is 6.11. The molecule has 6 nitrogen and oxygen atoms in total. The van der Waals surface area contributed by atoms with Gasteiger partial charge >= 0.3 is 0 Å². The molecular formula is C32H33F2N5O. The predicted molar refractivity (Wildman–Crippen MR) is 156 cm³/mol. The van der Waals surface area contributed by atoms with Gasteiger partial charge in [-0.1, -0.05) is 39.0 Å². The van der Waals surface area contributed by atoms with Crippen molar-refractivity contribution in [1.29, 1.82) is 0 Å². The summed E-state index contributed by atoms with van der Waals surface area (Å²) in [4.78, 5) is 9.26. The van der Waals surface area contributed by atoms with Gasteiger partial charge < -0.3 is 10.1 Å². The molecule has 1 atom stereocenters. The van der Waals surface area contributed by atoms with E-state index in [1.807, 2.05) is 36.4 Å². The largest absolute Gasteiger partial charge is 0.494 e. The van der Waals surface area contributed by atoms with E-state index < -0.39 is 11.6 Å². The first kappa shape index (κ1) is 27.2. The minimum Gasteiger partial charge on any atom is -0.494 e. The molecule has 0 saturated heterocycles. The second kappa shape index (κ2) is 11.4. The summed E-state index contributed by atoms with van der Waals surface area (Å²) in [5.74, 6) is -1.09. The van der Waals surface area contributed by atoms with E-state index in [-0.39, 0.29) is 29.7 Å². The molecule has 0 bridgehead atoms. The van der Waals surface area contributed by atoms with Crippen LogP contribution in [-0.4, -0.2) is 27.1 Å². The first-order chi connectivity index (χ1) is 19.3. The van der Waals surface area contributed by atoms with Crippen LogP contribution >= 0.6 is 0 Å². The molecule has 0 spiro atoms. The Morgan fingerprint density at radius 3 is 2.42 bits per heavy atom. The molecule has 0 amide bonds. The third-order valence-electron chi connectivity index (χ3n) is 7.21. The van der Waals surface area contributed by atoms with Gasteiger partial charge in [-0.25, -0.2) is 8.78 Å². The van der Waals surface area contributed by atoms with Crippen LogP contribution in [-0.2, 0) is 6.54 Å². The molecule has 40 heavy (non-hydrogen) atoms. The van der Waals surface area contributed by atoms with E-state index in [1.165, 1.54) is 12.1 Å². The molecule has 4 aromatic rings. The van der Waals surface area contributed by atoms with Crippen LogP contribution in [0.15, 0.2) is 89.0 Å². The monoisotopic (exact) mass is 541 g/mol. The Morgan fingerprint density at radius 1 is 1.05 bits per heavy atom. The van der Waals surface area contributed by atoms with E-state index in [9.17, 15) is 0 Å². The fraction of sp³-hybridized carbons (Fsp3) is 0.281. The smallest absolute Gasteiger partial charge is 0.134 e. The van der Waals surface area contributed by atoms with Gasteiger partial charge in [0, 0.05) is 58.5 Å². The van der Waals surface area contributed by atoms with Gasteiger partial charge in [0.15, 0.2) is 0 Å². The first-order valence-electron chi connectivity index (χ1n) is 13.5. The molecule has 2 aromatic heterocycles. The second-order valence-corrected chi connectivity index (χ2v) is 10.2. The Hall–Kier alpha value is -4.33. The van der Waals surface area contributed by atoms with Gasteiger partial charge in [-0.15, -0.1) is 0 Å². The lowest BCUT2D eigenvalue weighted by molar-refractivity contribution is 0.335. The maximum absolute atomic E-state index is 15.0. The second-order valence-electron chi connectivity index (χ2n) is 10.2. The summed E-state index contributed by atoms with van der Waals surface area (Å²) in [5, 5.41) is 9.33. The summed E-state index contributed by atoms with van der Waals surface area (Å²) >= 11 is 0. The fourth-order valence-electron chi connectivity index (χ4n) is 4.82. The molecule has 0 aliphatic carbocycles. The van der Waals surface area contributed by atoms with E-state index in [4.69, 9.17) is 14.8 Å². The SMILES string of the molecule is CCOc1cc(F)c(Cn2nc(C3=NC(C(C)C)=CC(Nc4ccncc4)=C(C)C3C)c3ccccc32)c(F)c1. The lowest BCUT2D eigenvalue weighted by atomic mass is 9.92. The van der Waals surface area contributed by atoms with Crippen LogP contribution in [0.2, 0.25) is 0 Å². The Balaban J connectivity index is 1.60. The Labute approximate surface area is 233 Å². The summed E-state index contributed by atoms with van der Waals surface area (Å²) in [5.41, 5.74) is 6.15. The number of nitrogens with one attached hydrogen (secondary N) is 1. The topological polar surface area (TPSA) is 64.3 Å². The minimum atomic E-state index is -0.666. The number of anilines is 1. The molecule has 0 fully saturated rings. The number of halogens is 2. The molecular weight excluding hydrogens is 508 g/mol. The van der Waals surface area contributed by atoms with Crippen molar-refractivity contribution in [2.45, 2.75) is 41.2 Å². The molecule has 0 saturated carbocycles. The van der Waals surface area contributed by atoms with Crippen LogP contribution in [0.25, 0.3) is 10.9 Å². The van der Waals surface area contributed by atoms with E-state index in [0.29, 0.717) is 12.3 Å². The average Bonchev–Trinajstić information content (AvgIpc) is 3.24. The molecule has 5 rings (SSSR count). The van der Waals surface area contributed by atoms with E-state index in [1.54, 1.807) is 24.0 Å². The zero-order chi connectivity index (χ0) is 28.4. The number of rotatable bonds is 8. The molecule has 1 unspecified atom stereocenters. The summed E-state index contributed by atoms with van der Waals surface area (Å²) < 4.78 is 37.0. The minimum absolute atomic E-state index is 0.0667. The van der Waals surface area contributed by atoms with E-state index >= 15 is 8.78 Å². The van der Waals surface area contributed by atoms with Crippen molar-refractivity contribution < 1.29 is 13.5 Å². The lowest BCUT2D eigenvalue weighted by Gasteiger charge is -2.17. The highest BCUT2D eigenvalue weighted by atomic mass is 19.1. The van der Waals surface area contributed by atoms with Crippen molar-refractivity contribution in [3.05, 3.63) is 107 Å². The van der Waals surface area contributed by atoms with Crippen LogP contribution < -0.4 is 10.1 Å². The fourth-order valence-corrected chi connectivity index (χ4v) is 4.82. The maximum Gasteiger partial charge on any atom is 0.134 e. The van der Waals surface area contributed by atoms with Crippen LogP contribution in [0, 0.1) is 23.5 Å². The number of allylic oxidation sites excluding steroid dienone is 3. The van der Waals surface area contributed by atoms with Crippen LogP contribution in [0.4, 0.5) is 14.5 Å². The number of pyridine rings is 1. The van der Waals surface area contributed by atoms with Crippen LogP contribution in [0.5, 0.6) is 5.75 Å². The maximum atomic E-state index is 15.0. The quantitative estimate of drug-likeness (QED) is 0.251. The highest BCUT2D eigenvalue weighted by Gasteiger charge is 2.27. The van der Waals surface area contributed by atoms with Crippen molar-refractivity contribution in [3.63, 3.8) is 0 Å². The molecule has 1 N–H and O–H groups in total. The van der Waals surface area contributed by atoms with Crippen molar-refractivity contribution in [3.8, 4) is 5.75 Å². The molecule has 3 heterocycles. The van der Waals surface area contributed by atoms with Crippen LogP contribution in [0.1, 0.15) is 45.9 Å². The van der Waals surface area contributed by atoms with Gasteiger partial charge in [0.2, 0.25) is 0 Å². The Kier molecular flexibility index (Phi) is 7.78. The van der Waals surface area contributed by atoms with Gasteiger partial charge in [0.1, 0.15) is 23.1 Å². The number of aromatic nitrogens is 3. The van der Waals surface area contributed by atoms with Crippen LogP contribution in [0.3, 0.4) is 0 Å². The number of para-hydroxylation sites is 1. The Bertz CT molecular complexity index is 1610. The van der Waals surface area contributed by atoms with Gasteiger partial charge in [-0.3, -0.25) is 14.7 Å². The van der Waals surface area contributed by atoms with Crippen molar-refractivity contribution >= 4 is 22.3 Å². The zero-order valence-electron chi connectivity index (χ0n) is 23.4. The number of hydrogen-bond acceptors (Lipinski definition) is 5. The lowest BCUT2D eigenvalue weighted by Crippen LogP contribution is -2.17. The molecule has 206 valence electrons. The van der Waals surface area contributed by atoms with Gasteiger partial charge in [-0.2, -0.15) is 5.10 Å². The molecule has 1 aliphatic rings. The number of aliphatic imine (C=N–C) groups is 1. The molecule has 1 aliphatic heterocycles. The zero-order valence-corrected chi connectivity index (χ0v) is 23.4. The average molecular weight is 542 g/mol.